The molecular weight excluding hydrogens is 400 g/mol. The summed E-state index contributed by atoms with van der Waals surface area (Å²) in [5, 5.41) is 10.4. The number of carbonyl (C=O) groups excluding carboxylic acids is 2. The second-order valence-electron chi connectivity index (χ2n) is 6.95. The molecule has 0 aliphatic carbocycles. The summed E-state index contributed by atoms with van der Waals surface area (Å²) >= 11 is 1.47. The van der Waals surface area contributed by atoms with Crippen LogP contribution in [0.25, 0.3) is 0 Å². The molecule has 0 aliphatic rings. The molecule has 8 heteroatoms. The van der Waals surface area contributed by atoms with Crippen molar-refractivity contribution < 1.29 is 14.1 Å². The van der Waals surface area contributed by atoms with Gasteiger partial charge in [0.2, 0.25) is 5.91 Å². The molecule has 0 saturated heterocycles. The Morgan fingerprint density at radius 2 is 2.00 bits per heavy atom. The van der Waals surface area contributed by atoms with Crippen molar-refractivity contribution in [3.8, 4) is 0 Å². The quantitative estimate of drug-likeness (QED) is 0.545. The maximum atomic E-state index is 12.9. The Morgan fingerprint density at radius 3 is 2.70 bits per heavy atom. The van der Waals surface area contributed by atoms with Crippen LogP contribution in [-0.4, -0.2) is 22.0 Å². The monoisotopic (exact) mass is 424 g/mol. The first-order chi connectivity index (χ1) is 14.3. The molecule has 1 unspecified atom stereocenters. The van der Waals surface area contributed by atoms with E-state index in [4.69, 9.17) is 4.52 Å². The average Bonchev–Trinajstić information content (AvgIpc) is 3.03. The van der Waals surface area contributed by atoms with Crippen molar-refractivity contribution in [2.75, 3.05) is 5.32 Å². The number of benzene rings is 1. The smallest absolute Gasteiger partial charge is 0.254 e. The Balaban J connectivity index is 1.72. The zero-order valence-electron chi connectivity index (χ0n) is 17.4. The molecule has 30 heavy (non-hydrogen) atoms. The molecule has 1 aromatic carbocycles. The van der Waals surface area contributed by atoms with E-state index in [9.17, 15) is 9.59 Å². The van der Waals surface area contributed by atoms with Crippen LogP contribution in [0.3, 0.4) is 0 Å². The zero-order valence-corrected chi connectivity index (χ0v) is 18.2. The first-order valence-corrected chi connectivity index (χ1v) is 10.5. The first kappa shape index (κ1) is 21.6. The van der Waals surface area contributed by atoms with Crippen LogP contribution in [0.2, 0.25) is 0 Å². The molecule has 2 N–H and O–H groups in total. The summed E-state index contributed by atoms with van der Waals surface area (Å²) in [6.07, 6.45) is 1.67. The lowest BCUT2D eigenvalue weighted by atomic mass is 10.1. The van der Waals surface area contributed by atoms with Crippen LogP contribution in [0.15, 0.2) is 52.1 Å². The molecule has 0 aliphatic heterocycles. The van der Waals surface area contributed by atoms with Crippen molar-refractivity contribution in [1.82, 2.24) is 15.5 Å². The van der Waals surface area contributed by atoms with E-state index in [0.29, 0.717) is 22.0 Å². The highest BCUT2D eigenvalue weighted by Gasteiger charge is 2.18. The van der Waals surface area contributed by atoms with Crippen molar-refractivity contribution in [2.45, 2.75) is 44.5 Å². The van der Waals surface area contributed by atoms with Gasteiger partial charge < -0.3 is 15.2 Å². The van der Waals surface area contributed by atoms with Gasteiger partial charge in [-0.05, 0) is 50.6 Å². The number of rotatable bonds is 7. The number of carbonyl (C=O) groups is 2. The number of thioether (sulfide) groups is 1. The van der Waals surface area contributed by atoms with Gasteiger partial charge in [-0.25, -0.2) is 4.98 Å². The van der Waals surface area contributed by atoms with Gasteiger partial charge in [-0.2, -0.15) is 0 Å². The number of anilines is 1. The van der Waals surface area contributed by atoms with Crippen molar-refractivity contribution in [3.63, 3.8) is 0 Å². The fraction of sp³-hybridized carbons (Fsp3) is 0.273. The third-order valence-electron chi connectivity index (χ3n) is 4.60. The zero-order chi connectivity index (χ0) is 21.7. The van der Waals surface area contributed by atoms with Crippen LogP contribution < -0.4 is 10.6 Å². The van der Waals surface area contributed by atoms with Crippen molar-refractivity contribution >= 4 is 29.3 Å². The van der Waals surface area contributed by atoms with Gasteiger partial charge in [0.15, 0.2) is 0 Å². The van der Waals surface area contributed by atoms with Crippen LogP contribution in [0.5, 0.6) is 0 Å². The van der Waals surface area contributed by atoms with Crippen molar-refractivity contribution in [1.29, 1.82) is 0 Å². The highest BCUT2D eigenvalue weighted by Crippen LogP contribution is 2.27. The van der Waals surface area contributed by atoms with E-state index in [1.54, 1.807) is 18.3 Å². The second kappa shape index (κ2) is 9.58. The molecule has 1 atom stereocenters. The van der Waals surface area contributed by atoms with E-state index in [-0.39, 0.29) is 17.9 Å². The van der Waals surface area contributed by atoms with Gasteiger partial charge in [-0.15, -0.1) is 11.8 Å². The Hall–Kier alpha value is -3.13. The Bertz CT molecular complexity index is 1040. The molecule has 0 spiro atoms. The van der Waals surface area contributed by atoms with Gasteiger partial charge in [0, 0.05) is 30.1 Å². The average molecular weight is 425 g/mol. The maximum Gasteiger partial charge on any atom is 0.254 e. The summed E-state index contributed by atoms with van der Waals surface area (Å²) < 4.78 is 5.21. The number of hydrogen-bond acceptors (Lipinski definition) is 6. The predicted molar refractivity (Wildman–Crippen MR) is 116 cm³/mol. The summed E-state index contributed by atoms with van der Waals surface area (Å²) in [6.45, 7) is 7.13. The lowest BCUT2D eigenvalue weighted by molar-refractivity contribution is -0.114. The second-order valence-corrected chi connectivity index (χ2v) is 7.91. The van der Waals surface area contributed by atoms with Gasteiger partial charge in [0.1, 0.15) is 10.8 Å². The predicted octanol–water partition coefficient (Wildman–Crippen LogP) is 4.43. The lowest BCUT2D eigenvalue weighted by Crippen LogP contribution is -2.27. The molecule has 0 bridgehead atoms. The van der Waals surface area contributed by atoms with Crippen LogP contribution in [0.1, 0.15) is 52.8 Å². The fourth-order valence-corrected chi connectivity index (χ4v) is 4.12. The number of amides is 2. The third kappa shape index (κ3) is 5.27. The molecule has 3 aromatic rings. The normalized spacial score (nSPS) is 11.7. The first-order valence-electron chi connectivity index (χ1n) is 9.53. The summed E-state index contributed by atoms with van der Waals surface area (Å²) in [5.74, 6) is 1.04. The fourth-order valence-electron chi connectivity index (χ4n) is 2.97. The topological polar surface area (TPSA) is 97.1 Å². The van der Waals surface area contributed by atoms with Crippen LogP contribution in [0, 0.1) is 13.8 Å². The Kier molecular flexibility index (Phi) is 6.89. The summed E-state index contributed by atoms with van der Waals surface area (Å²) in [7, 11) is 0. The van der Waals surface area contributed by atoms with E-state index in [1.165, 1.54) is 18.7 Å². The van der Waals surface area contributed by atoms with Gasteiger partial charge >= 0.3 is 0 Å². The third-order valence-corrected chi connectivity index (χ3v) is 5.64. The minimum Gasteiger partial charge on any atom is -0.361 e. The molecule has 156 valence electrons. The molecular formula is C22H24N4O3S. The van der Waals surface area contributed by atoms with Crippen molar-refractivity contribution in [3.05, 3.63) is 70.7 Å². The van der Waals surface area contributed by atoms with Gasteiger partial charge in [-0.1, -0.05) is 17.3 Å². The molecule has 0 saturated carbocycles. The van der Waals surface area contributed by atoms with Gasteiger partial charge in [0.25, 0.3) is 5.91 Å². The highest BCUT2D eigenvalue weighted by molar-refractivity contribution is 7.98. The van der Waals surface area contributed by atoms with E-state index in [2.05, 4.69) is 20.8 Å². The number of pyridine rings is 1. The molecule has 2 aromatic heterocycles. The molecule has 7 nitrogen and oxygen atoms in total. The molecule has 0 fully saturated rings. The highest BCUT2D eigenvalue weighted by atomic mass is 32.2. The molecule has 0 radical (unpaired) electrons. The Labute approximate surface area is 179 Å². The van der Waals surface area contributed by atoms with Crippen LogP contribution >= 0.6 is 11.8 Å². The minimum absolute atomic E-state index is 0.140. The van der Waals surface area contributed by atoms with E-state index in [1.807, 2.05) is 45.0 Å². The molecule has 2 heterocycles. The van der Waals surface area contributed by atoms with E-state index < -0.39 is 0 Å². The standard InChI is InChI=1S/C22H24N4O3S/c1-13(17-7-5-8-18(11-17)25-16(4)27)24-21(28)19-9-6-10-23-22(19)30-12-20-14(2)26-29-15(20)3/h5-11,13H,12H2,1-4H3,(H,24,28)(H,25,27). The number of nitrogens with zero attached hydrogens (tertiary/aromatic N) is 2. The summed E-state index contributed by atoms with van der Waals surface area (Å²) in [5.41, 5.74) is 3.95. The molecule has 2 amide bonds. The SMILES string of the molecule is CC(=O)Nc1cccc(C(C)NC(=O)c2cccnc2SCc2c(C)noc2C)c1. The number of aryl methyl sites for hydroxylation is 2. The minimum atomic E-state index is -0.244. The van der Waals surface area contributed by atoms with Crippen LogP contribution in [-0.2, 0) is 10.5 Å². The van der Waals surface area contributed by atoms with Gasteiger partial charge in [-0.3, -0.25) is 9.59 Å². The molecule has 3 rings (SSSR count). The van der Waals surface area contributed by atoms with Crippen molar-refractivity contribution in [2.24, 2.45) is 0 Å². The van der Waals surface area contributed by atoms with Crippen LogP contribution in [0.4, 0.5) is 5.69 Å². The maximum absolute atomic E-state index is 12.9. The number of hydrogen-bond donors (Lipinski definition) is 2. The summed E-state index contributed by atoms with van der Waals surface area (Å²) in [6, 6.07) is 10.7. The Morgan fingerprint density at radius 1 is 1.20 bits per heavy atom. The number of nitrogens with one attached hydrogen (secondary N) is 2. The van der Waals surface area contributed by atoms with E-state index >= 15 is 0 Å². The summed E-state index contributed by atoms with van der Waals surface area (Å²) in [4.78, 5) is 28.6. The largest absolute Gasteiger partial charge is 0.361 e. The van der Waals surface area contributed by atoms with Gasteiger partial charge in [0.05, 0.1) is 17.3 Å². The number of aromatic nitrogens is 2. The lowest BCUT2D eigenvalue weighted by Gasteiger charge is -2.16. The van der Waals surface area contributed by atoms with E-state index in [0.717, 1.165) is 22.6 Å².